The van der Waals surface area contributed by atoms with E-state index in [-0.39, 0.29) is 5.82 Å². The second-order valence-corrected chi connectivity index (χ2v) is 7.22. The summed E-state index contributed by atoms with van der Waals surface area (Å²) in [6, 6.07) is 8.77. The highest BCUT2D eigenvalue weighted by Gasteiger charge is 2.19. The van der Waals surface area contributed by atoms with Gasteiger partial charge in [-0.1, -0.05) is 13.8 Å². The van der Waals surface area contributed by atoms with Crippen LogP contribution in [-0.4, -0.2) is 42.7 Å². The summed E-state index contributed by atoms with van der Waals surface area (Å²) in [5, 5.41) is 3.41. The fourth-order valence-electron chi connectivity index (χ4n) is 3.14. The molecule has 1 saturated heterocycles. The van der Waals surface area contributed by atoms with Gasteiger partial charge in [-0.15, -0.1) is 0 Å². The van der Waals surface area contributed by atoms with Gasteiger partial charge in [0.25, 0.3) is 0 Å². The maximum atomic E-state index is 13.1. The van der Waals surface area contributed by atoms with Gasteiger partial charge in [0, 0.05) is 44.5 Å². The van der Waals surface area contributed by atoms with Crippen molar-refractivity contribution in [3.05, 3.63) is 42.0 Å². The van der Waals surface area contributed by atoms with Crippen LogP contribution in [0.1, 0.15) is 26.1 Å². The molecule has 5 nitrogen and oxygen atoms in total. The minimum absolute atomic E-state index is 0.193. The maximum Gasteiger partial charge on any atom is 0.134 e. The van der Waals surface area contributed by atoms with Gasteiger partial charge in [0.2, 0.25) is 0 Å². The number of hydrogen-bond acceptors (Lipinski definition) is 5. The van der Waals surface area contributed by atoms with Gasteiger partial charge in [0.1, 0.15) is 23.3 Å². The van der Waals surface area contributed by atoms with Crippen LogP contribution in [0.2, 0.25) is 0 Å². The van der Waals surface area contributed by atoms with Crippen LogP contribution in [0.3, 0.4) is 0 Å². The summed E-state index contributed by atoms with van der Waals surface area (Å²) in [7, 11) is 0. The molecule has 1 fully saturated rings. The predicted octanol–water partition coefficient (Wildman–Crippen LogP) is 3.71. The second-order valence-electron chi connectivity index (χ2n) is 7.22. The number of nitrogens with one attached hydrogen (secondary N) is 1. The van der Waals surface area contributed by atoms with Gasteiger partial charge in [-0.2, -0.15) is 0 Å². The van der Waals surface area contributed by atoms with E-state index in [0.29, 0.717) is 5.92 Å². The average Bonchev–Trinajstić information content (AvgIpc) is 2.62. The number of nitrogens with zero attached hydrogens (tertiary/aromatic N) is 4. The predicted molar refractivity (Wildman–Crippen MR) is 106 cm³/mol. The molecule has 1 N–H and O–H groups in total. The molecule has 0 atom stereocenters. The summed E-state index contributed by atoms with van der Waals surface area (Å²) < 4.78 is 13.1. The van der Waals surface area contributed by atoms with E-state index in [9.17, 15) is 4.39 Å². The summed E-state index contributed by atoms with van der Waals surface area (Å²) in [5.41, 5.74) is 1.07. The summed E-state index contributed by atoms with van der Waals surface area (Å²) in [4.78, 5) is 13.7. The molecule has 1 aromatic carbocycles. The molecule has 2 aromatic rings. The lowest BCUT2D eigenvalue weighted by Gasteiger charge is -2.36. The molecular formula is C20H28FN5. The number of aryl methyl sites for hydroxylation is 1. The number of piperazine rings is 1. The molecule has 1 aliphatic heterocycles. The van der Waals surface area contributed by atoms with Gasteiger partial charge in [-0.3, -0.25) is 0 Å². The van der Waals surface area contributed by atoms with Crippen molar-refractivity contribution < 1.29 is 4.39 Å². The van der Waals surface area contributed by atoms with E-state index < -0.39 is 0 Å². The van der Waals surface area contributed by atoms with Crippen LogP contribution < -0.4 is 15.1 Å². The Hall–Kier alpha value is -2.37. The van der Waals surface area contributed by atoms with Crippen molar-refractivity contribution in [2.45, 2.75) is 27.2 Å². The fourth-order valence-corrected chi connectivity index (χ4v) is 3.14. The number of halogens is 1. The number of rotatable bonds is 6. The molecule has 2 heterocycles. The van der Waals surface area contributed by atoms with Crippen molar-refractivity contribution >= 4 is 17.3 Å². The van der Waals surface area contributed by atoms with Gasteiger partial charge >= 0.3 is 0 Å². The number of hydrogen-bond donors (Lipinski definition) is 1. The summed E-state index contributed by atoms with van der Waals surface area (Å²) in [6.45, 7) is 10.9. The Balaban J connectivity index is 1.61. The molecule has 0 saturated carbocycles. The molecule has 0 spiro atoms. The lowest BCUT2D eigenvalue weighted by atomic mass is 10.1. The number of anilines is 3. The molecule has 3 rings (SSSR count). The largest absolute Gasteiger partial charge is 0.370 e. The van der Waals surface area contributed by atoms with Crippen LogP contribution in [0.5, 0.6) is 0 Å². The molecule has 0 aliphatic carbocycles. The molecule has 0 bridgehead atoms. The zero-order chi connectivity index (χ0) is 18.5. The topological polar surface area (TPSA) is 44.3 Å². The van der Waals surface area contributed by atoms with E-state index in [1.807, 2.05) is 25.1 Å². The van der Waals surface area contributed by atoms with Crippen LogP contribution in [0.15, 0.2) is 30.3 Å². The Labute approximate surface area is 155 Å². The van der Waals surface area contributed by atoms with Gasteiger partial charge in [0.05, 0.1) is 0 Å². The fraction of sp³-hybridized carbons (Fsp3) is 0.500. The Morgan fingerprint density at radius 3 is 2.35 bits per heavy atom. The second kappa shape index (κ2) is 8.34. The van der Waals surface area contributed by atoms with Crippen LogP contribution in [0, 0.1) is 18.7 Å². The zero-order valence-electron chi connectivity index (χ0n) is 15.9. The third kappa shape index (κ3) is 4.84. The van der Waals surface area contributed by atoms with Crippen molar-refractivity contribution in [2.75, 3.05) is 47.8 Å². The van der Waals surface area contributed by atoms with Crippen molar-refractivity contribution in [1.82, 2.24) is 9.97 Å². The Bertz CT molecular complexity index is 709. The molecule has 0 amide bonds. The minimum atomic E-state index is -0.193. The smallest absolute Gasteiger partial charge is 0.134 e. The molecular weight excluding hydrogens is 329 g/mol. The van der Waals surface area contributed by atoms with Crippen LogP contribution in [0.4, 0.5) is 21.7 Å². The molecule has 0 unspecified atom stereocenters. The first-order valence-corrected chi connectivity index (χ1v) is 9.36. The van der Waals surface area contributed by atoms with Crippen molar-refractivity contribution in [1.29, 1.82) is 0 Å². The standard InChI is InChI=1S/C20H28FN5/c1-15(2)8-9-22-19-14-20(24-16(3)23-19)26-12-10-25(11-13-26)18-6-4-17(21)5-7-18/h4-7,14-15H,8-13H2,1-3H3,(H,22,23,24). The Morgan fingerprint density at radius 2 is 1.69 bits per heavy atom. The first kappa shape index (κ1) is 18.4. The minimum Gasteiger partial charge on any atom is -0.370 e. The third-order valence-corrected chi connectivity index (χ3v) is 4.65. The van der Waals surface area contributed by atoms with Crippen molar-refractivity contribution in [3.8, 4) is 0 Å². The monoisotopic (exact) mass is 357 g/mol. The normalized spacial score (nSPS) is 14.8. The maximum absolute atomic E-state index is 13.1. The molecule has 0 radical (unpaired) electrons. The lowest BCUT2D eigenvalue weighted by molar-refractivity contribution is 0.606. The van der Waals surface area contributed by atoms with E-state index in [0.717, 1.165) is 62.3 Å². The average molecular weight is 357 g/mol. The molecule has 1 aliphatic rings. The van der Waals surface area contributed by atoms with E-state index in [2.05, 4.69) is 38.9 Å². The Kier molecular flexibility index (Phi) is 5.91. The zero-order valence-corrected chi connectivity index (χ0v) is 15.9. The quantitative estimate of drug-likeness (QED) is 0.854. The van der Waals surface area contributed by atoms with Crippen molar-refractivity contribution in [2.24, 2.45) is 5.92 Å². The highest BCUT2D eigenvalue weighted by molar-refractivity contribution is 5.52. The number of benzene rings is 1. The van der Waals surface area contributed by atoms with Gasteiger partial charge < -0.3 is 15.1 Å². The van der Waals surface area contributed by atoms with Gasteiger partial charge in [-0.05, 0) is 43.5 Å². The first-order chi connectivity index (χ1) is 12.5. The molecule has 6 heteroatoms. The van der Waals surface area contributed by atoms with E-state index in [4.69, 9.17) is 0 Å². The highest BCUT2D eigenvalue weighted by atomic mass is 19.1. The van der Waals surface area contributed by atoms with E-state index in [1.54, 1.807) is 0 Å². The molecule has 140 valence electrons. The van der Waals surface area contributed by atoms with E-state index in [1.165, 1.54) is 12.1 Å². The van der Waals surface area contributed by atoms with Gasteiger partial charge in [-0.25, -0.2) is 14.4 Å². The van der Waals surface area contributed by atoms with Crippen LogP contribution in [-0.2, 0) is 0 Å². The first-order valence-electron chi connectivity index (χ1n) is 9.36. The van der Waals surface area contributed by atoms with Crippen LogP contribution >= 0.6 is 0 Å². The molecule has 26 heavy (non-hydrogen) atoms. The number of aromatic nitrogens is 2. The third-order valence-electron chi connectivity index (χ3n) is 4.65. The van der Waals surface area contributed by atoms with Crippen molar-refractivity contribution in [3.63, 3.8) is 0 Å². The summed E-state index contributed by atoms with van der Waals surface area (Å²) >= 11 is 0. The Morgan fingerprint density at radius 1 is 1.04 bits per heavy atom. The lowest BCUT2D eigenvalue weighted by Crippen LogP contribution is -2.46. The van der Waals surface area contributed by atoms with Gasteiger partial charge in [0.15, 0.2) is 0 Å². The molecule has 1 aromatic heterocycles. The summed E-state index contributed by atoms with van der Waals surface area (Å²) in [6.07, 6.45) is 1.12. The summed E-state index contributed by atoms with van der Waals surface area (Å²) in [5.74, 6) is 3.14. The SMILES string of the molecule is Cc1nc(NCCC(C)C)cc(N2CCN(c3ccc(F)cc3)CC2)n1. The van der Waals surface area contributed by atoms with Crippen LogP contribution in [0.25, 0.3) is 0 Å². The highest BCUT2D eigenvalue weighted by Crippen LogP contribution is 2.21. The van der Waals surface area contributed by atoms with E-state index >= 15 is 0 Å².